The van der Waals surface area contributed by atoms with Crippen molar-refractivity contribution in [2.45, 2.75) is 18.1 Å². The zero-order valence-electron chi connectivity index (χ0n) is 16.5. The number of ketones is 2. The molecule has 2 aromatic carbocycles. The third-order valence-electron chi connectivity index (χ3n) is 6.13. The first-order valence-corrected chi connectivity index (χ1v) is 9.68. The second-order valence-electron chi connectivity index (χ2n) is 8.02. The Morgan fingerprint density at radius 3 is 2.45 bits per heavy atom. The Bertz CT molecular complexity index is 1240. The standard InChI is InChI=1S/C21H19ClN2O7/c1-24(2)15-9-6-7-5-8-10(22)3-4-11(25)13(8)16(26)12(7)18(28)21(9,31)19(29)14(17(15)27)20(23)30/h3-5,9,15,25-26,29,31H,6H2,1-2H3,(H2,23,30)/t9-,15?,21-/m0/s1. The topological polar surface area (TPSA) is 161 Å². The number of aliphatic hydroxyl groups excluding tert-OH is 1. The van der Waals surface area contributed by atoms with Crippen LogP contribution < -0.4 is 5.73 Å². The highest BCUT2D eigenvalue weighted by Crippen LogP contribution is 2.50. The summed E-state index contributed by atoms with van der Waals surface area (Å²) in [6.07, 6.45) is -0.113. The minimum absolute atomic E-state index is 0.101. The summed E-state index contributed by atoms with van der Waals surface area (Å²) in [6, 6.07) is 3.00. The number of aromatic hydroxyl groups is 2. The maximum Gasteiger partial charge on any atom is 0.255 e. The van der Waals surface area contributed by atoms with Crippen molar-refractivity contribution in [1.29, 1.82) is 0 Å². The lowest BCUT2D eigenvalue weighted by atomic mass is 9.62. The first-order valence-electron chi connectivity index (χ1n) is 9.30. The van der Waals surface area contributed by atoms with E-state index in [9.17, 15) is 34.8 Å². The summed E-state index contributed by atoms with van der Waals surface area (Å²) in [5.74, 6) is -6.51. The number of aliphatic hydroxyl groups is 2. The van der Waals surface area contributed by atoms with E-state index in [1.165, 1.54) is 37.2 Å². The van der Waals surface area contributed by atoms with Crippen LogP contribution in [0, 0.1) is 5.92 Å². The molecule has 1 amide bonds. The van der Waals surface area contributed by atoms with Gasteiger partial charge >= 0.3 is 0 Å². The lowest BCUT2D eigenvalue weighted by molar-refractivity contribution is -0.132. The average molecular weight is 447 g/mol. The predicted octanol–water partition coefficient (Wildman–Crippen LogP) is 0.801. The van der Waals surface area contributed by atoms with Crippen molar-refractivity contribution in [3.8, 4) is 11.5 Å². The zero-order valence-corrected chi connectivity index (χ0v) is 17.3. The summed E-state index contributed by atoms with van der Waals surface area (Å²) >= 11 is 6.21. The van der Waals surface area contributed by atoms with E-state index in [0.717, 1.165) is 0 Å². The van der Waals surface area contributed by atoms with E-state index in [1.807, 2.05) is 0 Å². The van der Waals surface area contributed by atoms with Crippen LogP contribution in [-0.2, 0) is 16.0 Å². The van der Waals surface area contributed by atoms with Gasteiger partial charge in [-0.15, -0.1) is 0 Å². The minimum Gasteiger partial charge on any atom is -0.508 e. The highest BCUT2D eigenvalue weighted by molar-refractivity contribution is 6.36. The van der Waals surface area contributed by atoms with E-state index in [2.05, 4.69) is 0 Å². The molecule has 3 atom stereocenters. The van der Waals surface area contributed by atoms with E-state index in [4.69, 9.17) is 17.3 Å². The van der Waals surface area contributed by atoms with Crippen LogP contribution in [0.1, 0.15) is 15.9 Å². The molecule has 0 radical (unpaired) electrons. The number of nitrogens with zero attached hydrogens (tertiary/aromatic N) is 1. The molecule has 0 aliphatic heterocycles. The molecule has 2 aliphatic rings. The summed E-state index contributed by atoms with van der Waals surface area (Å²) in [4.78, 5) is 39.7. The van der Waals surface area contributed by atoms with Gasteiger partial charge in [-0.1, -0.05) is 11.6 Å². The van der Waals surface area contributed by atoms with E-state index < -0.39 is 52.1 Å². The first kappa shape index (κ1) is 21.1. The first-order chi connectivity index (χ1) is 14.4. The van der Waals surface area contributed by atoms with Crippen LogP contribution in [0.25, 0.3) is 10.8 Å². The monoisotopic (exact) mass is 446 g/mol. The number of rotatable bonds is 2. The number of primary amides is 1. The van der Waals surface area contributed by atoms with Crippen LogP contribution in [0.2, 0.25) is 5.02 Å². The number of hydrogen-bond acceptors (Lipinski definition) is 8. The number of nitrogens with two attached hydrogens (primary N) is 1. The number of likely N-dealkylation sites (N-methyl/N-ethyl adjacent to an activating group) is 1. The molecule has 162 valence electrons. The van der Waals surface area contributed by atoms with E-state index in [0.29, 0.717) is 0 Å². The number of hydrogen-bond donors (Lipinski definition) is 5. The molecule has 6 N–H and O–H groups in total. The summed E-state index contributed by atoms with van der Waals surface area (Å²) in [7, 11) is 3.05. The van der Waals surface area contributed by atoms with Crippen molar-refractivity contribution in [2.75, 3.05) is 14.1 Å². The lowest BCUT2D eigenvalue weighted by Crippen LogP contribution is -2.64. The SMILES string of the molecule is CN(C)C1C(=O)C(C(N)=O)=C(O)[C@@]2(O)C(=O)c3c(cc4c(Cl)ccc(O)c4c3O)C[C@@H]12. The number of phenolic OH excluding ortho intramolecular Hbond substituents is 2. The number of fused-ring (bicyclic) bond motifs is 3. The van der Waals surface area contributed by atoms with Crippen molar-refractivity contribution in [3.63, 3.8) is 0 Å². The third-order valence-corrected chi connectivity index (χ3v) is 6.46. The second kappa shape index (κ2) is 6.68. The molecule has 0 spiro atoms. The number of benzene rings is 2. The molecule has 0 bridgehead atoms. The average Bonchev–Trinajstić information content (AvgIpc) is 2.67. The van der Waals surface area contributed by atoms with E-state index >= 15 is 0 Å². The normalized spacial score (nSPS) is 25.7. The maximum atomic E-state index is 13.5. The molecule has 9 nitrogen and oxygen atoms in total. The Labute approximate surface area is 180 Å². The van der Waals surface area contributed by atoms with Gasteiger partial charge in [0.1, 0.15) is 22.8 Å². The molecule has 31 heavy (non-hydrogen) atoms. The molecular weight excluding hydrogens is 428 g/mol. The van der Waals surface area contributed by atoms with Gasteiger partial charge in [0, 0.05) is 16.3 Å². The fourth-order valence-electron chi connectivity index (χ4n) is 4.75. The molecule has 0 saturated heterocycles. The number of phenols is 2. The van der Waals surface area contributed by atoms with Gasteiger partial charge in [0.15, 0.2) is 11.4 Å². The summed E-state index contributed by atoms with van der Waals surface area (Å²) in [6.45, 7) is 0. The van der Waals surface area contributed by atoms with Crippen molar-refractivity contribution in [1.82, 2.24) is 4.90 Å². The van der Waals surface area contributed by atoms with Crippen LogP contribution in [-0.4, -0.2) is 68.5 Å². The van der Waals surface area contributed by atoms with Crippen molar-refractivity contribution < 1.29 is 34.8 Å². The molecule has 1 unspecified atom stereocenters. The fraction of sp³-hybridized carbons (Fsp3) is 0.286. The highest BCUT2D eigenvalue weighted by Gasteiger charge is 2.62. The van der Waals surface area contributed by atoms with Crippen LogP contribution >= 0.6 is 11.6 Å². The van der Waals surface area contributed by atoms with Crippen molar-refractivity contribution in [2.24, 2.45) is 11.7 Å². The third kappa shape index (κ3) is 2.60. The predicted molar refractivity (Wildman–Crippen MR) is 110 cm³/mol. The van der Waals surface area contributed by atoms with Gasteiger partial charge in [-0.3, -0.25) is 19.3 Å². The van der Waals surface area contributed by atoms with E-state index in [-0.39, 0.29) is 39.1 Å². The largest absolute Gasteiger partial charge is 0.508 e. The maximum absolute atomic E-state index is 13.5. The molecule has 0 saturated carbocycles. The van der Waals surface area contributed by atoms with Gasteiger partial charge < -0.3 is 26.2 Å². The zero-order chi connectivity index (χ0) is 23.0. The Kier molecular flexibility index (Phi) is 4.55. The van der Waals surface area contributed by atoms with Crippen LogP contribution in [0.5, 0.6) is 11.5 Å². The quantitative estimate of drug-likeness (QED) is 0.423. The van der Waals surface area contributed by atoms with Crippen molar-refractivity contribution in [3.05, 3.63) is 45.7 Å². The number of halogens is 1. The molecule has 10 heteroatoms. The summed E-state index contributed by atoms with van der Waals surface area (Å²) < 4.78 is 0. The van der Waals surface area contributed by atoms with Gasteiger partial charge in [0.2, 0.25) is 5.78 Å². The van der Waals surface area contributed by atoms with Crippen molar-refractivity contribution >= 4 is 39.8 Å². The lowest BCUT2D eigenvalue weighted by Gasteiger charge is -2.47. The highest BCUT2D eigenvalue weighted by atomic mass is 35.5. The fourth-order valence-corrected chi connectivity index (χ4v) is 4.96. The number of Topliss-reactive ketones (excluding diaryl/α,β-unsaturated/α-hetero) is 2. The van der Waals surface area contributed by atoms with Gasteiger partial charge in [0.05, 0.1) is 17.0 Å². The van der Waals surface area contributed by atoms with Crippen LogP contribution in [0.15, 0.2) is 29.5 Å². The van der Waals surface area contributed by atoms with Gasteiger partial charge in [-0.05, 0) is 44.3 Å². The van der Waals surface area contributed by atoms with Crippen LogP contribution in [0.4, 0.5) is 0 Å². The Balaban J connectivity index is 2.08. The molecule has 2 aliphatic carbocycles. The van der Waals surface area contributed by atoms with Gasteiger partial charge in [0.25, 0.3) is 5.91 Å². The molecule has 4 rings (SSSR count). The number of carbonyl (C=O) groups excluding carboxylic acids is 3. The smallest absolute Gasteiger partial charge is 0.255 e. The van der Waals surface area contributed by atoms with Gasteiger partial charge in [-0.2, -0.15) is 0 Å². The van der Waals surface area contributed by atoms with E-state index in [1.54, 1.807) is 0 Å². The van der Waals surface area contributed by atoms with Crippen LogP contribution in [0.3, 0.4) is 0 Å². The Morgan fingerprint density at radius 2 is 1.87 bits per heavy atom. The summed E-state index contributed by atoms with van der Waals surface area (Å²) in [5.41, 5.74) is 1.64. The molecular formula is C21H19ClN2O7. The molecule has 2 aromatic rings. The Hall–Kier alpha value is -3.14. The molecule has 0 aromatic heterocycles. The second-order valence-corrected chi connectivity index (χ2v) is 8.42. The number of carbonyl (C=O) groups is 3. The summed E-state index contributed by atoms with van der Waals surface area (Å²) in [5, 5.41) is 43.5. The van der Waals surface area contributed by atoms with Gasteiger partial charge in [-0.25, -0.2) is 0 Å². The molecule has 0 heterocycles. The number of amides is 1. The Morgan fingerprint density at radius 1 is 1.23 bits per heavy atom. The molecule has 0 fully saturated rings. The minimum atomic E-state index is -2.68.